The van der Waals surface area contributed by atoms with Gasteiger partial charge in [-0.1, -0.05) is 42.8 Å². The van der Waals surface area contributed by atoms with Crippen LogP contribution in [0.5, 0.6) is 0 Å². The highest BCUT2D eigenvalue weighted by Crippen LogP contribution is 2.28. The summed E-state index contributed by atoms with van der Waals surface area (Å²) >= 11 is 0. The summed E-state index contributed by atoms with van der Waals surface area (Å²) in [5, 5.41) is 2.86. The Bertz CT molecular complexity index is 1070. The maximum Gasteiger partial charge on any atom is 0.262 e. The number of sulfonamides is 1. The van der Waals surface area contributed by atoms with Crippen molar-refractivity contribution in [3.63, 3.8) is 0 Å². The lowest BCUT2D eigenvalue weighted by atomic mass is 10.2. The molecule has 1 aliphatic carbocycles. The van der Waals surface area contributed by atoms with E-state index in [2.05, 4.69) is 32.1 Å². The van der Waals surface area contributed by atoms with E-state index in [-0.39, 0.29) is 17.3 Å². The van der Waals surface area contributed by atoms with Crippen LogP contribution in [-0.4, -0.2) is 44.2 Å². The van der Waals surface area contributed by atoms with Crippen LogP contribution in [0.1, 0.15) is 44.1 Å². The number of anilines is 1. The van der Waals surface area contributed by atoms with Gasteiger partial charge in [0.15, 0.2) is 0 Å². The van der Waals surface area contributed by atoms with E-state index in [0.29, 0.717) is 30.5 Å². The van der Waals surface area contributed by atoms with E-state index in [1.807, 2.05) is 18.2 Å². The summed E-state index contributed by atoms with van der Waals surface area (Å²) in [4.78, 5) is 19.4. The number of amides is 1. The quantitative estimate of drug-likeness (QED) is 0.638. The standard InChI is InChI=1S/C24H30N4O3S/c29-24(18-28(21-13-14-21)17-19-8-3-1-4-9-19)26-20-10-7-11-22(16-20)32(30,31)27-23-12-5-2-6-15-25-23/h1,3-4,7-11,16,21H,2,5-6,12-15,17-18H2,(H,25,27)(H,26,29). The number of benzene rings is 2. The Kier molecular flexibility index (Phi) is 7.22. The number of nitrogens with one attached hydrogen (secondary N) is 2. The minimum Gasteiger partial charge on any atom is -0.325 e. The fourth-order valence-electron chi connectivity index (χ4n) is 3.87. The van der Waals surface area contributed by atoms with E-state index in [4.69, 9.17) is 0 Å². The molecule has 4 rings (SSSR count). The third-order valence-corrected chi connectivity index (χ3v) is 7.07. The molecule has 0 spiro atoms. The first-order valence-corrected chi connectivity index (χ1v) is 12.7. The molecule has 1 fully saturated rings. The Labute approximate surface area is 190 Å². The van der Waals surface area contributed by atoms with Gasteiger partial charge in [0, 0.05) is 31.2 Å². The summed E-state index contributed by atoms with van der Waals surface area (Å²) in [5.74, 6) is 0.362. The van der Waals surface area contributed by atoms with E-state index in [9.17, 15) is 13.2 Å². The van der Waals surface area contributed by atoms with Crippen LogP contribution in [0.4, 0.5) is 5.69 Å². The van der Waals surface area contributed by atoms with Crippen LogP contribution in [0, 0.1) is 0 Å². The minimum atomic E-state index is -3.74. The van der Waals surface area contributed by atoms with Gasteiger partial charge < -0.3 is 5.32 Å². The van der Waals surface area contributed by atoms with Gasteiger partial charge in [0.1, 0.15) is 5.84 Å². The highest BCUT2D eigenvalue weighted by atomic mass is 32.2. The van der Waals surface area contributed by atoms with Crippen molar-refractivity contribution in [3.05, 3.63) is 60.2 Å². The summed E-state index contributed by atoms with van der Waals surface area (Å²) < 4.78 is 28.2. The van der Waals surface area contributed by atoms with Crippen molar-refractivity contribution in [2.45, 2.75) is 56.0 Å². The molecule has 0 radical (unpaired) electrons. The summed E-state index contributed by atoms with van der Waals surface area (Å²) in [6, 6.07) is 16.9. The number of nitrogens with zero attached hydrogens (tertiary/aromatic N) is 2. The van der Waals surface area contributed by atoms with Crippen LogP contribution in [0.2, 0.25) is 0 Å². The largest absolute Gasteiger partial charge is 0.325 e. The van der Waals surface area contributed by atoms with Crippen molar-refractivity contribution in [3.8, 4) is 0 Å². The average Bonchev–Trinajstić information content (AvgIpc) is 3.62. The highest BCUT2D eigenvalue weighted by molar-refractivity contribution is 7.90. The molecule has 0 aromatic heterocycles. The van der Waals surface area contributed by atoms with Crippen molar-refractivity contribution in [2.75, 3.05) is 18.4 Å². The zero-order valence-corrected chi connectivity index (χ0v) is 19.0. The van der Waals surface area contributed by atoms with Gasteiger partial charge >= 0.3 is 0 Å². The monoisotopic (exact) mass is 454 g/mol. The number of hydrogen-bond donors (Lipinski definition) is 2. The Morgan fingerprint density at radius 3 is 2.62 bits per heavy atom. The fraction of sp³-hybridized carbons (Fsp3) is 0.417. The molecule has 32 heavy (non-hydrogen) atoms. The third kappa shape index (κ3) is 6.40. The first-order valence-electron chi connectivity index (χ1n) is 11.2. The molecule has 1 saturated carbocycles. The van der Waals surface area contributed by atoms with E-state index in [1.54, 1.807) is 12.1 Å². The van der Waals surface area contributed by atoms with Gasteiger partial charge in [-0.2, -0.15) is 0 Å². The van der Waals surface area contributed by atoms with E-state index < -0.39 is 10.0 Å². The number of carbonyl (C=O) groups excluding carboxylic acids is 1. The topological polar surface area (TPSA) is 90.9 Å². The molecule has 2 aromatic rings. The van der Waals surface area contributed by atoms with Crippen LogP contribution < -0.4 is 10.0 Å². The van der Waals surface area contributed by atoms with E-state index >= 15 is 0 Å². The number of rotatable bonds is 8. The second-order valence-corrected chi connectivity index (χ2v) is 10.1. The van der Waals surface area contributed by atoms with Crippen molar-refractivity contribution in [1.29, 1.82) is 0 Å². The van der Waals surface area contributed by atoms with Gasteiger partial charge in [-0.3, -0.25) is 19.4 Å². The molecule has 2 aliphatic rings. The van der Waals surface area contributed by atoms with Crippen LogP contribution in [0.3, 0.4) is 0 Å². The molecule has 0 saturated heterocycles. The van der Waals surface area contributed by atoms with Gasteiger partial charge in [-0.15, -0.1) is 0 Å². The lowest BCUT2D eigenvalue weighted by Gasteiger charge is -2.21. The Hall–Kier alpha value is -2.71. The third-order valence-electron chi connectivity index (χ3n) is 5.69. The van der Waals surface area contributed by atoms with Crippen molar-refractivity contribution in [2.24, 2.45) is 4.99 Å². The number of amidine groups is 1. The molecule has 1 heterocycles. The normalized spacial score (nSPS) is 16.8. The molecule has 1 aliphatic heterocycles. The predicted molar refractivity (Wildman–Crippen MR) is 126 cm³/mol. The molecule has 0 atom stereocenters. The zero-order chi connectivity index (χ0) is 22.4. The van der Waals surface area contributed by atoms with E-state index in [0.717, 1.165) is 38.6 Å². The van der Waals surface area contributed by atoms with Crippen molar-refractivity contribution >= 4 is 27.5 Å². The first-order chi connectivity index (χ1) is 15.5. The van der Waals surface area contributed by atoms with Crippen LogP contribution in [0.25, 0.3) is 0 Å². The molecule has 2 N–H and O–H groups in total. The molecule has 0 unspecified atom stereocenters. The molecule has 7 nitrogen and oxygen atoms in total. The minimum absolute atomic E-state index is 0.116. The van der Waals surface area contributed by atoms with Crippen LogP contribution in [0.15, 0.2) is 64.5 Å². The number of carbonyl (C=O) groups is 1. The highest BCUT2D eigenvalue weighted by Gasteiger charge is 2.30. The summed E-state index contributed by atoms with van der Waals surface area (Å²) in [6.07, 6.45) is 5.80. The molecule has 170 valence electrons. The molecular formula is C24H30N4O3S. The van der Waals surface area contributed by atoms with Crippen molar-refractivity contribution < 1.29 is 13.2 Å². The van der Waals surface area contributed by atoms with Crippen molar-refractivity contribution in [1.82, 2.24) is 9.62 Å². The summed E-state index contributed by atoms with van der Waals surface area (Å²) in [7, 11) is -3.74. The Morgan fingerprint density at radius 2 is 1.84 bits per heavy atom. The molecule has 2 aromatic carbocycles. The Morgan fingerprint density at radius 1 is 1.03 bits per heavy atom. The fourth-order valence-corrected chi connectivity index (χ4v) is 5.00. The lowest BCUT2D eigenvalue weighted by Crippen LogP contribution is -2.34. The maximum absolute atomic E-state index is 12.8. The van der Waals surface area contributed by atoms with Gasteiger partial charge in [-0.25, -0.2) is 8.42 Å². The van der Waals surface area contributed by atoms with Gasteiger partial charge in [0.2, 0.25) is 5.91 Å². The average molecular weight is 455 g/mol. The number of hydrogen-bond acceptors (Lipinski definition) is 5. The molecule has 0 bridgehead atoms. The predicted octanol–water partition coefficient (Wildman–Crippen LogP) is 3.54. The van der Waals surface area contributed by atoms with Gasteiger partial charge in [-0.05, 0) is 49.4 Å². The SMILES string of the molecule is O=C(CN(Cc1ccccc1)C1CC1)Nc1cccc(S(=O)(=O)NC2=NCCCCC2)c1. The maximum atomic E-state index is 12.8. The second kappa shape index (κ2) is 10.3. The van der Waals surface area contributed by atoms with Gasteiger partial charge in [0.05, 0.1) is 11.4 Å². The summed E-state index contributed by atoms with van der Waals surface area (Å²) in [6.45, 7) is 1.64. The molecule has 1 amide bonds. The van der Waals surface area contributed by atoms with Gasteiger partial charge in [0.25, 0.3) is 10.0 Å². The Balaban J connectivity index is 1.39. The molecule has 8 heteroatoms. The smallest absolute Gasteiger partial charge is 0.262 e. The first kappa shape index (κ1) is 22.5. The zero-order valence-electron chi connectivity index (χ0n) is 18.2. The number of aliphatic imine (C=N–C) groups is 1. The van der Waals surface area contributed by atoms with Crippen LogP contribution >= 0.6 is 0 Å². The summed E-state index contributed by atoms with van der Waals surface area (Å²) in [5.41, 5.74) is 1.64. The molecular weight excluding hydrogens is 424 g/mol. The second-order valence-electron chi connectivity index (χ2n) is 8.44. The van der Waals surface area contributed by atoms with E-state index in [1.165, 1.54) is 17.7 Å². The van der Waals surface area contributed by atoms with Crippen LogP contribution in [-0.2, 0) is 21.4 Å². The lowest BCUT2D eigenvalue weighted by molar-refractivity contribution is -0.117.